The van der Waals surface area contributed by atoms with Gasteiger partial charge in [-0.05, 0) is 78.4 Å². The third-order valence-corrected chi connectivity index (χ3v) is 6.92. The maximum Gasteiger partial charge on any atom is 0.262 e. The zero-order valence-corrected chi connectivity index (χ0v) is 22.4. The van der Waals surface area contributed by atoms with Crippen molar-refractivity contribution in [3.05, 3.63) is 89.0 Å². The van der Waals surface area contributed by atoms with Crippen LogP contribution in [-0.2, 0) is 20.9 Å². The molecule has 1 aliphatic rings. The van der Waals surface area contributed by atoms with Crippen LogP contribution in [0, 0.1) is 19.8 Å². The molecule has 1 aliphatic heterocycles. The zero-order valence-electron chi connectivity index (χ0n) is 22.4. The molecule has 7 heteroatoms. The summed E-state index contributed by atoms with van der Waals surface area (Å²) < 4.78 is 5.61. The van der Waals surface area contributed by atoms with Crippen molar-refractivity contribution < 1.29 is 19.1 Å². The minimum atomic E-state index is -0.400. The lowest BCUT2D eigenvalue weighted by atomic mass is 10.0. The van der Waals surface area contributed by atoms with Gasteiger partial charge in [-0.1, -0.05) is 44.2 Å². The Morgan fingerprint density at radius 3 is 2.34 bits per heavy atom. The van der Waals surface area contributed by atoms with Crippen molar-refractivity contribution in [1.82, 2.24) is 5.32 Å². The summed E-state index contributed by atoms with van der Waals surface area (Å²) in [7, 11) is 0. The van der Waals surface area contributed by atoms with Gasteiger partial charge >= 0.3 is 0 Å². The van der Waals surface area contributed by atoms with E-state index >= 15 is 0 Å². The topological polar surface area (TPSA) is 87.7 Å². The molecule has 1 fully saturated rings. The number of carbonyl (C=O) groups is 3. The van der Waals surface area contributed by atoms with Crippen LogP contribution in [0.2, 0.25) is 0 Å². The number of ether oxygens (including phenoxy) is 1. The highest BCUT2D eigenvalue weighted by Gasteiger charge is 2.35. The van der Waals surface area contributed by atoms with Crippen molar-refractivity contribution >= 4 is 29.1 Å². The maximum absolute atomic E-state index is 12.7. The predicted molar refractivity (Wildman–Crippen MR) is 149 cm³/mol. The minimum absolute atomic E-state index is 0.0899. The molecule has 3 aromatic carbocycles. The van der Waals surface area contributed by atoms with Gasteiger partial charge in [0.05, 0.1) is 5.92 Å². The van der Waals surface area contributed by atoms with Crippen molar-refractivity contribution in [2.24, 2.45) is 5.92 Å². The fraction of sp³-hybridized carbons (Fsp3) is 0.323. The van der Waals surface area contributed by atoms with Crippen LogP contribution >= 0.6 is 0 Å². The normalized spacial score (nSPS) is 15.0. The average molecular weight is 514 g/mol. The van der Waals surface area contributed by atoms with Gasteiger partial charge in [-0.15, -0.1) is 0 Å². The molecular weight excluding hydrogens is 478 g/mol. The summed E-state index contributed by atoms with van der Waals surface area (Å²) >= 11 is 0. The number of nitrogens with zero attached hydrogens (tertiary/aromatic N) is 1. The van der Waals surface area contributed by atoms with Crippen LogP contribution in [0.5, 0.6) is 5.75 Å². The Hall–Kier alpha value is -4.13. The molecule has 1 atom stereocenters. The summed E-state index contributed by atoms with van der Waals surface area (Å²) in [6.45, 7) is 8.94. The standard InChI is InChI=1S/C31H35N3O4/c1-20(2)24-8-6-23(7-9-24)17-32-31(37)25-16-30(36)34(18-25)27-11-13-28(14-12-27)38-19-29(35)33-26-10-5-21(3)22(4)15-26/h5-15,20,25H,16-19H2,1-4H3,(H,32,37)(H,33,35)/t25-/m0/s1. The Bertz CT molecular complexity index is 1300. The number of benzene rings is 3. The first-order valence-electron chi connectivity index (χ1n) is 13.0. The molecule has 0 radical (unpaired) electrons. The van der Waals surface area contributed by atoms with Gasteiger partial charge in [0.25, 0.3) is 5.91 Å². The first-order valence-corrected chi connectivity index (χ1v) is 13.0. The number of hydrogen-bond donors (Lipinski definition) is 2. The van der Waals surface area contributed by atoms with Gasteiger partial charge in [0.1, 0.15) is 5.75 Å². The molecule has 198 valence electrons. The zero-order chi connectivity index (χ0) is 27.2. The summed E-state index contributed by atoms with van der Waals surface area (Å²) in [5.74, 6) is 0.117. The molecule has 38 heavy (non-hydrogen) atoms. The van der Waals surface area contributed by atoms with E-state index in [1.165, 1.54) is 5.56 Å². The number of anilines is 2. The second kappa shape index (κ2) is 11.9. The van der Waals surface area contributed by atoms with E-state index in [0.29, 0.717) is 30.4 Å². The molecule has 0 saturated carbocycles. The van der Waals surface area contributed by atoms with Crippen LogP contribution < -0.4 is 20.3 Å². The van der Waals surface area contributed by atoms with Crippen LogP contribution in [0.25, 0.3) is 0 Å². The Kier molecular flexibility index (Phi) is 8.46. The molecular formula is C31H35N3O4. The number of amides is 3. The summed E-state index contributed by atoms with van der Waals surface area (Å²) in [5.41, 5.74) is 5.98. The van der Waals surface area contributed by atoms with Crippen molar-refractivity contribution in [2.45, 2.75) is 46.6 Å². The van der Waals surface area contributed by atoms with E-state index in [-0.39, 0.29) is 30.7 Å². The lowest BCUT2D eigenvalue weighted by Gasteiger charge is -2.17. The number of aryl methyl sites for hydroxylation is 2. The van der Waals surface area contributed by atoms with E-state index in [9.17, 15) is 14.4 Å². The van der Waals surface area contributed by atoms with Crippen molar-refractivity contribution in [1.29, 1.82) is 0 Å². The molecule has 0 bridgehead atoms. The van der Waals surface area contributed by atoms with E-state index in [4.69, 9.17) is 4.74 Å². The number of carbonyl (C=O) groups excluding carboxylic acids is 3. The summed E-state index contributed by atoms with van der Waals surface area (Å²) in [4.78, 5) is 39.3. The highest BCUT2D eigenvalue weighted by atomic mass is 16.5. The predicted octanol–water partition coefficient (Wildman–Crippen LogP) is 5.11. The maximum atomic E-state index is 12.7. The van der Waals surface area contributed by atoms with Crippen LogP contribution in [0.4, 0.5) is 11.4 Å². The number of hydrogen-bond acceptors (Lipinski definition) is 4. The first-order chi connectivity index (χ1) is 18.2. The van der Waals surface area contributed by atoms with Crippen LogP contribution in [0.1, 0.15) is 48.4 Å². The van der Waals surface area contributed by atoms with E-state index in [2.05, 4.69) is 36.6 Å². The van der Waals surface area contributed by atoms with Gasteiger partial charge in [0.2, 0.25) is 11.8 Å². The SMILES string of the molecule is Cc1ccc(NC(=O)COc2ccc(N3C[C@@H](C(=O)NCc4ccc(C(C)C)cc4)CC3=O)cc2)cc1C. The smallest absolute Gasteiger partial charge is 0.262 e. The van der Waals surface area contributed by atoms with Gasteiger partial charge in [-0.25, -0.2) is 0 Å². The molecule has 4 rings (SSSR count). The van der Waals surface area contributed by atoms with Crippen molar-refractivity contribution in [2.75, 3.05) is 23.4 Å². The summed E-state index contributed by atoms with van der Waals surface area (Å²) in [5, 5.41) is 5.80. The molecule has 7 nitrogen and oxygen atoms in total. The highest BCUT2D eigenvalue weighted by molar-refractivity contribution is 6.00. The fourth-order valence-electron chi connectivity index (χ4n) is 4.37. The van der Waals surface area contributed by atoms with Gasteiger partial charge in [-0.2, -0.15) is 0 Å². The summed E-state index contributed by atoms with van der Waals surface area (Å²) in [6, 6.07) is 20.9. The van der Waals surface area contributed by atoms with Gasteiger partial charge < -0.3 is 20.3 Å². The van der Waals surface area contributed by atoms with Crippen LogP contribution in [0.3, 0.4) is 0 Å². The quantitative estimate of drug-likeness (QED) is 0.416. The molecule has 2 N–H and O–H groups in total. The summed E-state index contributed by atoms with van der Waals surface area (Å²) in [6.07, 6.45) is 0.176. The highest BCUT2D eigenvalue weighted by Crippen LogP contribution is 2.27. The van der Waals surface area contributed by atoms with Gasteiger partial charge in [0.15, 0.2) is 6.61 Å². The van der Waals surface area contributed by atoms with Crippen LogP contribution in [-0.4, -0.2) is 30.9 Å². The molecule has 0 unspecified atom stereocenters. The molecule has 0 aromatic heterocycles. The molecule has 0 aliphatic carbocycles. The Labute approximate surface area is 224 Å². The van der Waals surface area contributed by atoms with E-state index in [0.717, 1.165) is 22.4 Å². The minimum Gasteiger partial charge on any atom is -0.484 e. The molecule has 0 spiro atoms. The largest absolute Gasteiger partial charge is 0.484 e. The van der Waals surface area contributed by atoms with Crippen molar-refractivity contribution in [3.8, 4) is 5.75 Å². The Morgan fingerprint density at radius 1 is 0.974 bits per heavy atom. The monoisotopic (exact) mass is 513 g/mol. The van der Waals surface area contributed by atoms with Crippen LogP contribution in [0.15, 0.2) is 66.7 Å². The van der Waals surface area contributed by atoms with E-state index in [1.54, 1.807) is 29.2 Å². The molecule has 1 saturated heterocycles. The molecule has 1 heterocycles. The second-order valence-electron chi connectivity index (χ2n) is 10.1. The van der Waals surface area contributed by atoms with Gasteiger partial charge in [0, 0.05) is 30.9 Å². The lowest BCUT2D eigenvalue weighted by Crippen LogP contribution is -2.32. The average Bonchev–Trinajstić information content (AvgIpc) is 3.30. The third kappa shape index (κ3) is 6.79. The Morgan fingerprint density at radius 2 is 1.68 bits per heavy atom. The third-order valence-electron chi connectivity index (χ3n) is 6.92. The lowest BCUT2D eigenvalue weighted by molar-refractivity contribution is -0.126. The number of nitrogens with one attached hydrogen (secondary N) is 2. The Balaban J connectivity index is 1.25. The number of rotatable bonds is 9. The van der Waals surface area contributed by atoms with E-state index < -0.39 is 5.92 Å². The first kappa shape index (κ1) is 26.9. The van der Waals surface area contributed by atoms with Crippen molar-refractivity contribution in [3.63, 3.8) is 0 Å². The molecule has 3 aromatic rings. The fourth-order valence-corrected chi connectivity index (χ4v) is 4.37. The molecule has 3 amide bonds. The second-order valence-corrected chi connectivity index (χ2v) is 10.1. The van der Waals surface area contributed by atoms with E-state index in [1.807, 2.05) is 44.2 Å². The van der Waals surface area contributed by atoms with Gasteiger partial charge in [-0.3, -0.25) is 14.4 Å².